The highest BCUT2D eigenvalue weighted by atomic mass is 16.5. The van der Waals surface area contributed by atoms with E-state index in [1.165, 1.54) is 0 Å². The Morgan fingerprint density at radius 3 is 2.67 bits per heavy atom. The van der Waals surface area contributed by atoms with E-state index in [9.17, 15) is 4.79 Å². The van der Waals surface area contributed by atoms with Crippen molar-refractivity contribution in [3.05, 3.63) is 77.6 Å². The minimum atomic E-state index is -0.242. The average molecular weight is 362 g/mol. The molecule has 1 aromatic heterocycles. The zero-order valence-corrected chi connectivity index (χ0v) is 15.4. The highest BCUT2D eigenvalue weighted by Crippen LogP contribution is 2.18. The average Bonchev–Trinajstić information content (AvgIpc) is 2.68. The third-order valence-electron chi connectivity index (χ3n) is 3.85. The minimum absolute atomic E-state index is 0.242. The number of rotatable bonds is 7. The van der Waals surface area contributed by atoms with E-state index in [1.54, 1.807) is 12.3 Å². The van der Waals surface area contributed by atoms with Crippen LogP contribution in [0.15, 0.2) is 60.8 Å². The fraction of sp³-hybridized carbons (Fsp3) is 0.190. The minimum Gasteiger partial charge on any atom is -0.494 e. The Kier molecular flexibility index (Phi) is 5.99. The van der Waals surface area contributed by atoms with Crippen LogP contribution in [0.4, 0.5) is 11.6 Å². The number of carbonyl (C=O) groups excluding carboxylic acids is 1. The number of ether oxygens (including phenoxy) is 1. The number of hydrogen-bond acceptors (Lipinski definition) is 5. The first-order valence-electron chi connectivity index (χ1n) is 8.80. The van der Waals surface area contributed by atoms with Gasteiger partial charge in [0.25, 0.3) is 5.91 Å². The molecule has 0 saturated carbocycles. The van der Waals surface area contributed by atoms with Crippen molar-refractivity contribution in [1.29, 1.82) is 0 Å². The molecule has 3 aromatic rings. The highest BCUT2D eigenvalue weighted by molar-refractivity contribution is 5.92. The molecule has 0 atom stereocenters. The maximum Gasteiger partial charge on any atom is 0.270 e. The van der Waals surface area contributed by atoms with Gasteiger partial charge in [-0.1, -0.05) is 29.8 Å². The third-order valence-corrected chi connectivity index (χ3v) is 3.85. The lowest BCUT2D eigenvalue weighted by molar-refractivity contribution is 0.0946. The van der Waals surface area contributed by atoms with Gasteiger partial charge < -0.3 is 15.4 Å². The van der Waals surface area contributed by atoms with Crippen LogP contribution in [0.5, 0.6) is 5.75 Å². The summed E-state index contributed by atoms with van der Waals surface area (Å²) in [5.74, 6) is 0.921. The molecule has 6 nitrogen and oxygen atoms in total. The van der Waals surface area contributed by atoms with Crippen LogP contribution in [0.25, 0.3) is 0 Å². The van der Waals surface area contributed by atoms with Gasteiger partial charge in [0.05, 0.1) is 6.61 Å². The summed E-state index contributed by atoms with van der Waals surface area (Å²) in [5, 5.41) is 5.97. The summed E-state index contributed by atoms with van der Waals surface area (Å²) in [7, 11) is 0. The number of nitrogens with zero attached hydrogens (tertiary/aromatic N) is 2. The maximum atomic E-state index is 12.4. The number of aromatic nitrogens is 2. The normalized spacial score (nSPS) is 10.3. The Morgan fingerprint density at radius 2 is 1.93 bits per heavy atom. The van der Waals surface area contributed by atoms with Gasteiger partial charge in [-0.15, -0.1) is 0 Å². The smallest absolute Gasteiger partial charge is 0.270 e. The van der Waals surface area contributed by atoms with Crippen molar-refractivity contribution < 1.29 is 9.53 Å². The molecule has 0 unspecified atom stereocenters. The van der Waals surface area contributed by atoms with Crippen molar-refractivity contribution in [1.82, 2.24) is 15.3 Å². The molecule has 2 N–H and O–H groups in total. The molecule has 138 valence electrons. The third kappa shape index (κ3) is 5.28. The van der Waals surface area contributed by atoms with Crippen molar-refractivity contribution in [2.24, 2.45) is 0 Å². The molecule has 2 aromatic carbocycles. The molecule has 0 fully saturated rings. The topological polar surface area (TPSA) is 76.1 Å². The maximum absolute atomic E-state index is 12.4. The molecule has 0 aliphatic carbocycles. The molecule has 3 rings (SSSR count). The number of benzene rings is 2. The van der Waals surface area contributed by atoms with Gasteiger partial charge in [-0.3, -0.25) is 4.79 Å². The Bertz CT molecular complexity index is 910. The molecule has 6 heteroatoms. The lowest BCUT2D eigenvalue weighted by Gasteiger charge is -2.09. The number of carbonyl (C=O) groups is 1. The van der Waals surface area contributed by atoms with Crippen LogP contribution in [-0.2, 0) is 6.54 Å². The van der Waals surface area contributed by atoms with Crippen LogP contribution >= 0.6 is 0 Å². The molecule has 1 heterocycles. The van der Waals surface area contributed by atoms with E-state index in [-0.39, 0.29) is 5.91 Å². The first kappa shape index (κ1) is 18.4. The zero-order valence-electron chi connectivity index (χ0n) is 15.4. The second-order valence-corrected chi connectivity index (χ2v) is 6.02. The van der Waals surface area contributed by atoms with E-state index >= 15 is 0 Å². The first-order chi connectivity index (χ1) is 13.1. The van der Waals surface area contributed by atoms with Crippen molar-refractivity contribution in [2.45, 2.75) is 20.4 Å². The summed E-state index contributed by atoms with van der Waals surface area (Å²) < 4.78 is 5.42. The van der Waals surface area contributed by atoms with E-state index in [0.717, 1.165) is 22.6 Å². The van der Waals surface area contributed by atoms with E-state index in [0.29, 0.717) is 24.8 Å². The van der Waals surface area contributed by atoms with Crippen molar-refractivity contribution in [3.63, 3.8) is 0 Å². The number of aryl methyl sites for hydroxylation is 1. The summed E-state index contributed by atoms with van der Waals surface area (Å²) >= 11 is 0. The van der Waals surface area contributed by atoms with E-state index < -0.39 is 0 Å². The number of anilines is 2. The van der Waals surface area contributed by atoms with Crippen LogP contribution in [0.1, 0.15) is 28.5 Å². The van der Waals surface area contributed by atoms with E-state index in [1.807, 2.05) is 62.4 Å². The molecular weight excluding hydrogens is 340 g/mol. The van der Waals surface area contributed by atoms with Gasteiger partial charge in [0.1, 0.15) is 11.4 Å². The summed E-state index contributed by atoms with van der Waals surface area (Å²) in [6.07, 6.45) is 1.56. The molecule has 0 radical (unpaired) electrons. The quantitative estimate of drug-likeness (QED) is 0.667. The van der Waals surface area contributed by atoms with Gasteiger partial charge in [0.2, 0.25) is 5.95 Å². The van der Waals surface area contributed by atoms with Gasteiger partial charge in [0.15, 0.2) is 0 Å². The molecule has 1 amide bonds. The van der Waals surface area contributed by atoms with Gasteiger partial charge in [-0.05, 0) is 49.7 Å². The predicted octanol–water partition coefficient (Wildman–Crippen LogP) is 3.86. The summed E-state index contributed by atoms with van der Waals surface area (Å²) in [6.45, 7) is 5.03. The zero-order chi connectivity index (χ0) is 19.1. The molecule has 0 aliphatic rings. The van der Waals surface area contributed by atoms with Gasteiger partial charge in [-0.25, -0.2) is 9.97 Å². The second-order valence-electron chi connectivity index (χ2n) is 6.02. The standard InChI is InChI=1S/C21H22N4O2/c1-3-27-18-9-7-17(8-10-18)24-21-22-12-11-19(25-21)20(26)23-14-16-6-4-5-15(2)13-16/h4-13H,3,14H2,1-2H3,(H,23,26)(H,22,24,25). The number of nitrogens with one attached hydrogen (secondary N) is 2. The summed E-state index contributed by atoms with van der Waals surface area (Å²) in [4.78, 5) is 20.8. The molecule has 27 heavy (non-hydrogen) atoms. The Hall–Kier alpha value is -3.41. The fourth-order valence-electron chi connectivity index (χ4n) is 2.57. The SMILES string of the molecule is CCOc1ccc(Nc2nccc(C(=O)NCc3cccc(C)c3)n2)cc1. The largest absolute Gasteiger partial charge is 0.494 e. The molecule has 0 saturated heterocycles. The van der Waals surface area contributed by atoms with Crippen LogP contribution in [0, 0.1) is 6.92 Å². The number of hydrogen-bond donors (Lipinski definition) is 2. The van der Waals surface area contributed by atoms with Gasteiger partial charge in [0, 0.05) is 18.4 Å². The molecule has 0 spiro atoms. The summed E-state index contributed by atoms with van der Waals surface area (Å²) in [6, 6.07) is 17.1. The van der Waals surface area contributed by atoms with Crippen LogP contribution in [0.2, 0.25) is 0 Å². The van der Waals surface area contributed by atoms with Gasteiger partial charge in [-0.2, -0.15) is 0 Å². The predicted molar refractivity (Wildman–Crippen MR) is 105 cm³/mol. The summed E-state index contributed by atoms with van der Waals surface area (Å²) in [5.41, 5.74) is 3.33. The van der Waals surface area contributed by atoms with Gasteiger partial charge >= 0.3 is 0 Å². The van der Waals surface area contributed by atoms with Crippen molar-refractivity contribution in [2.75, 3.05) is 11.9 Å². The Balaban J connectivity index is 1.63. The van der Waals surface area contributed by atoms with Crippen molar-refractivity contribution in [3.8, 4) is 5.75 Å². The van der Waals surface area contributed by atoms with E-state index in [4.69, 9.17) is 4.74 Å². The van der Waals surface area contributed by atoms with Crippen LogP contribution < -0.4 is 15.4 Å². The molecule has 0 bridgehead atoms. The fourth-order valence-corrected chi connectivity index (χ4v) is 2.57. The monoisotopic (exact) mass is 362 g/mol. The Morgan fingerprint density at radius 1 is 1.11 bits per heavy atom. The van der Waals surface area contributed by atoms with Crippen molar-refractivity contribution >= 4 is 17.5 Å². The lowest BCUT2D eigenvalue weighted by atomic mass is 10.1. The number of amides is 1. The Labute approximate surface area is 158 Å². The highest BCUT2D eigenvalue weighted by Gasteiger charge is 2.09. The van der Waals surface area contributed by atoms with E-state index in [2.05, 4.69) is 20.6 Å². The van der Waals surface area contributed by atoms with Crippen LogP contribution in [0.3, 0.4) is 0 Å². The first-order valence-corrected chi connectivity index (χ1v) is 8.80. The molecule has 0 aliphatic heterocycles. The lowest BCUT2D eigenvalue weighted by Crippen LogP contribution is -2.24. The second kappa shape index (κ2) is 8.80. The van der Waals surface area contributed by atoms with Crippen LogP contribution in [-0.4, -0.2) is 22.5 Å². The molecular formula is C21H22N4O2.